The molecule has 3 heteroatoms. The number of nitrogens with zero attached hydrogens (tertiary/aromatic N) is 1. The number of ether oxygens (including phenoxy) is 1. The van der Waals surface area contributed by atoms with Crippen molar-refractivity contribution >= 4 is 0 Å². The van der Waals surface area contributed by atoms with Crippen LogP contribution in [0.3, 0.4) is 0 Å². The average Bonchev–Trinajstić information content (AvgIpc) is 2.86. The number of nitrogens with one attached hydrogen (secondary N) is 1. The van der Waals surface area contributed by atoms with E-state index in [1.807, 2.05) is 0 Å². The second kappa shape index (κ2) is 7.92. The van der Waals surface area contributed by atoms with Crippen LogP contribution in [-0.4, -0.2) is 43.3 Å². The van der Waals surface area contributed by atoms with Crippen molar-refractivity contribution in [1.82, 2.24) is 10.2 Å². The summed E-state index contributed by atoms with van der Waals surface area (Å²) in [5.41, 5.74) is 2.78. The standard InChI is InChI=1S/C18H30N2O/c1-14(2)19-11-17-9-10-18(21-17)13-20(4)12-16-8-6-5-7-15(16)3/h5-8,14,17-19H,9-13H2,1-4H3. The van der Waals surface area contributed by atoms with Crippen molar-refractivity contribution < 1.29 is 4.74 Å². The number of hydrogen-bond donors (Lipinski definition) is 1. The molecule has 0 amide bonds. The van der Waals surface area contributed by atoms with Crippen molar-refractivity contribution in [2.24, 2.45) is 0 Å². The normalized spacial score (nSPS) is 22.4. The molecule has 21 heavy (non-hydrogen) atoms. The Labute approximate surface area is 129 Å². The molecule has 0 spiro atoms. The maximum Gasteiger partial charge on any atom is 0.0707 e. The summed E-state index contributed by atoms with van der Waals surface area (Å²) in [4.78, 5) is 2.38. The molecular weight excluding hydrogens is 260 g/mol. The molecule has 2 rings (SSSR count). The molecular formula is C18H30N2O. The molecule has 0 aromatic heterocycles. The van der Waals surface area contributed by atoms with Crippen molar-refractivity contribution in [2.45, 2.75) is 58.4 Å². The third kappa shape index (κ3) is 5.42. The van der Waals surface area contributed by atoms with Crippen LogP contribution in [0, 0.1) is 6.92 Å². The Morgan fingerprint density at radius 2 is 1.95 bits per heavy atom. The quantitative estimate of drug-likeness (QED) is 0.835. The van der Waals surface area contributed by atoms with Crippen molar-refractivity contribution in [3.05, 3.63) is 35.4 Å². The first kappa shape index (κ1) is 16.5. The summed E-state index contributed by atoms with van der Waals surface area (Å²) in [6.45, 7) is 9.55. The van der Waals surface area contributed by atoms with Gasteiger partial charge in [-0.3, -0.25) is 4.90 Å². The van der Waals surface area contributed by atoms with Gasteiger partial charge in [-0.2, -0.15) is 0 Å². The topological polar surface area (TPSA) is 24.5 Å². The molecule has 1 aliphatic heterocycles. The molecule has 3 nitrogen and oxygen atoms in total. The predicted octanol–water partition coefficient (Wildman–Crippen LogP) is 2.97. The Hall–Kier alpha value is -0.900. The second-order valence-electron chi connectivity index (χ2n) is 6.64. The van der Waals surface area contributed by atoms with Gasteiger partial charge in [-0.25, -0.2) is 0 Å². The maximum absolute atomic E-state index is 6.15. The predicted molar refractivity (Wildman–Crippen MR) is 88.5 cm³/mol. The highest BCUT2D eigenvalue weighted by atomic mass is 16.5. The molecule has 0 radical (unpaired) electrons. The molecule has 2 unspecified atom stereocenters. The van der Waals surface area contributed by atoms with Crippen LogP contribution in [0.1, 0.15) is 37.8 Å². The van der Waals surface area contributed by atoms with Crippen molar-refractivity contribution in [1.29, 1.82) is 0 Å². The van der Waals surface area contributed by atoms with Crippen LogP contribution in [0.4, 0.5) is 0 Å². The molecule has 1 fully saturated rings. The average molecular weight is 290 g/mol. The van der Waals surface area contributed by atoms with Crippen LogP contribution in [-0.2, 0) is 11.3 Å². The van der Waals surface area contributed by atoms with E-state index in [1.54, 1.807) is 0 Å². The highest BCUT2D eigenvalue weighted by molar-refractivity contribution is 5.25. The van der Waals surface area contributed by atoms with E-state index in [4.69, 9.17) is 4.74 Å². The highest BCUT2D eigenvalue weighted by Crippen LogP contribution is 2.20. The summed E-state index contributed by atoms with van der Waals surface area (Å²) in [7, 11) is 2.19. The smallest absolute Gasteiger partial charge is 0.0707 e. The summed E-state index contributed by atoms with van der Waals surface area (Å²) in [5.74, 6) is 0. The molecule has 0 aliphatic carbocycles. The van der Waals surface area contributed by atoms with E-state index in [0.717, 1.165) is 19.6 Å². The van der Waals surface area contributed by atoms with E-state index in [-0.39, 0.29) is 0 Å². The Kier molecular flexibility index (Phi) is 6.22. The van der Waals surface area contributed by atoms with Gasteiger partial charge < -0.3 is 10.1 Å². The van der Waals surface area contributed by atoms with Crippen molar-refractivity contribution in [3.8, 4) is 0 Å². The van der Waals surface area contributed by atoms with Gasteiger partial charge in [0.05, 0.1) is 12.2 Å². The fraction of sp³-hybridized carbons (Fsp3) is 0.667. The van der Waals surface area contributed by atoms with E-state index in [0.29, 0.717) is 18.2 Å². The molecule has 2 atom stereocenters. The van der Waals surface area contributed by atoms with Gasteiger partial charge in [-0.1, -0.05) is 38.1 Å². The lowest BCUT2D eigenvalue weighted by Gasteiger charge is -2.22. The fourth-order valence-corrected chi connectivity index (χ4v) is 2.92. The first-order valence-electron chi connectivity index (χ1n) is 8.16. The summed E-state index contributed by atoms with van der Waals surface area (Å²) in [6, 6.07) is 9.16. The van der Waals surface area contributed by atoms with E-state index in [2.05, 4.69) is 62.3 Å². The number of hydrogen-bond acceptors (Lipinski definition) is 3. The molecule has 1 aromatic carbocycles. The van der Waals surface area contributed by atoms with Crippen LogP contribution in [0.25, 0.3) is 0 Å². The summed E-state index contributed by atoms with van der Waals surface area (Å²) in [5, 5.41) is 3.47. The van der Waals surface area contributed by atoms with Crippen LogP contribution in [0.15, 0.2) is 24.3 Å². The summed E-state index contributed by atoms with van der Waals surface area (Å²) >= 11 is 0. The van der Waals surface area contributed by atoms with Gasteiger partial charge in [-0.05, 0) is 37.9 Å². The summed E-state index contributed by atoms with van der Waals surface area (Å²) < 4.78 is 6.15. The molecule has 1 aliphatic rings. The summed E-state index contributed by atoms with van der Waals surface area (Å²) in [6.07, 6.45) is 3.15. The Morgan fingerprint density at radius 3 is 2.67 bits per heavy atom. The van der Waals surface area contributed by atoms with E-state index < -0.39 is 0 Å². The van der Waals surface area contributed by atoms with Crippen molar-refractivity contribution in [2.75, 3.05) is 20.1 Å². The number of aryl methyl sites for hydroxylation is 1. The second-order valence-corrected chi connectivity index (χ2v) is 6.64. The van der Waals surface area contributed by atoms with Gasteiger partial charge in [0.25, 0.3) is 0 Å². The number of likely N-dealkylation sites (N-methyl/N-ethyl adjacent to an activating group) is 1. The number of rotatable bonds is 7. The van der Waals surface area contributed by atoms with Crippen LogP contribution < -0.4 is 5.32 Å². The minimum atomic E-state index is 0.387. The fourth-order valence-electron chi connectivity index (χ4n) is 2.92. The minimum absolute atomic E-state index is 0.387. The van der Waals surface area contributed by atoms with Gasteiger partial charge >= 0.3 is 0 Å². The largest absolute Gasteiger partial charge is 0.372 e. The van der Waals surface area contributed by atoms with Gasteiger partial charge in [0.1, 0.15) is 0 Å². The molecule has 1 aromatic rings. The zero-order valence-electron chi connectivity index (χ0n) is 13.9. The third-order valence-electron chi connectivity index (χ3n) is 4.17. The lowest BCUT2D eigenvalue weighted by molar-refractivity contribution is 0.0259. The molecule has 1 heterocycles. The van der Waals surface area contributed by atoms with Gasteiger partial charge in [0.2, 0.25) is 0 Å². The lowest BCUT2D eigenvalue weighted by atomic mass is 10.1. The third-order valence-corrected chi connectivity index (χ3v) is 4.17. The lowest BCUT2D eigenvalue weighted by Crippen LogP contribution is -2.34. The first-order chi connectivity index (χ1) is 10.0. The van der Waals surface area contributed by atoms with Crippen LogP contribution in [0.2, 0.25) is 0 Å². The van der Waals surface area contributed by atoms with Gasteiger partial charge in [0, 0.05) is 25.7 Å². The van der Waals surface area contributed by atoms with E-state index in [1.165, 1.54) is 24.0 Å². The SMILES string of the molecule is Cc1ccccc1CN(C)CC1CCC(CNC(C)C)O1. The molecule has 1 N–H and O–H groups in total. The van der Waals surface area contributed by atoms with Crippen molar-refractivity contribution in [3.63, 3.8) is 0 Å². The monoisotopic (exact) mass is 290 g/mol. The zero-order valence-corrected chi connectivity index (χ0v) is 13.9. The Bertz CT molecular complexity index is 433. The molecule has 118 valence electrons. The molecule has 1 saturated heterocycles. The Morgan fingerprint density at radius 1 is 1.24 bits per heavy atom. The van der Waals surface area contributed by atoms with E-state index >= 15 is 0 Å². The maximum atomic E-state index is 6.15. The molecule has 0 bridgehead atoms. The van der Waals surface area contributed by atoms with Crippen LogP contribution >= 0.6 is 0 Å². The first-order valence-corrected chi connectivity index (χ1v) is 8.16. The molecule has 0 saturated carbocycles. The highest BCUT2D eigenvalue weighted by Gasteiger charge is 2.26. The Balaban J connectivity index is 1.74. The van der Waals surface area contributed by atoms with Gasteiger partial charge in [0.15, 0.2) is 0 Å². The van der Waals surface area contributed by atoms with Crippen LogP contribution in [0.5, 0.6) is 0 Å². The van der Waals surface area contributed by atoms with Gasteiger partial charge in [-0.15, -0.1) is 0 Å². The van der Waals surface area contributed by atoms with E-state index in [9.17, 15) is 0 Å². The number of benzene rings is 1. The minimum Gasteiger partial charge on any atom is -0.372 e. The zero-order chi connectivity index (χ0) is 15.2.